The summed E-state index contributed by atoms with van der Waals surface area (Å²) >= 11 is 0. The zero-order chi connectivity index (χ0) is 14.6. The highest BCUT2D eigenvalue weighted by atomic mass is 15.3. The van der Waals surface area contributed by atoms with Gasteiger partial charge in [-0.15, -0.1) is 0 Å². The largest absolute Gasteiger partial charge is 0.319 e. The van der Waals surface area contributed by atoms with Crippen LogP contribution in [0.5, 0.6) is 0 Å². The first-order valence-electron chi connectivity index (χ1n) is 7.67. The Hall–Kier alpha value is -0.900. The molecule has 0 bridgehead atoms. The molecule has 0 unspecified atom stereocenters. The third-order valence-electron chi connectivity index (χ3n) is 4.49. The lowest BCUT2D eigenvalue weighted by atomic mass is 9.99. The van der Waals surface area contributed by atoms with Gasteiger partial charge < -0.3 is 5.32 Å². The Kier molecular flexibility index (Phi) is 5.19. The van der Waals surface area contributed by atoms with Gasteiger partial charge in [-0.2, -0.15) is 0 Å². The molecule has 0 atom stereocenters. The Labute approximate surface area is 124 Å². The molecule has 112 valence electrons. The van der Waals surface area contributed by atoms with Gasteiger partial charge in [0, 0.05) is 31.7 Å². The molecule has 0 radical (unpaired) electrons. The summed E-state index contributed by atoms with van der Waals surface area (Å²) in [7, 11) is 4.23. The molecule has 3 heteroatoms. The van der Waals surface area contributed by atoms with Crippen LogP contribution in [0, 0.1) is 0 Å². The first kappa shape index (κ1) is 15.5. The molecule has 1 aromatic rings. The Bertz CT molecular complexity index is 411. The van der Waals surface area contributed by atoms with Gasteiger partial charge in [-0.05, 0) is 52.0 Å². The summed E-state index contributed by atoms with van der Waals surface area (Å²) in [5.41, 5.74) is 3.13. The fourth-order valence-corrected chi connectivity index (χ4v) is 2.81. The fourth-order valence-electron chi connectivity index (χ4n) is 2.81. The van der Waals surface area contributed by atoms with Crippen LogP contribution >= 0.6 is 0 Å². The first-order valence-corrected chi connectivity index (χ1v) is 7.67. The van der Waals surface area contributed by atoms with E-state index in [4.69, 9.17) is 0 Å². The number of nitrogens with one attached hydrogen (secondary N) is 1. The molecule has 0 saturated carbocycles. The van der Waals surface area contributed by atoms with Gasteiger partial charge >= 0.3 is 0 Å². The molecule has 20 heavy (non-hydrogen) atoms. The number of hydrogen-bond acceptors (Lipinski definition) is 3. The molecule has 0 aliphatic carbocycles. The molecule has 1 aliphatic heterocycles. The van der Waals surface area contributed by atoms with Crippen molar-refractivity contribution in [3.8, 4) is 0 Å². The van der Waals surface area contributed by atoms with Crippen molar-refractivity contribution in [3.05, 3.63) is 35.4 Å². The minimum absolute atomic E-state index is 0.283. The highest BCUT2D eigenvalue weighted by Gasteiger charge is 2.30. The van der Waals surface area contributed by atoms with Crippen molar-refractivity contribution in [2.24, 2.45) is 0 Å². The minimum atomic E-state index is 0.283. The minimum Gasteiger partial charge on any atom is -0.319 e. The second-order valence-corrected chi connectivity index (χ2v) is 6.61. The van der Waals surface area contributed by atoms with E-state index in [1.165, 1.54) is 17.7 Å². The lowest BCUT2D eigenvalue weighted by Gasteiger charge is -2.45. The van der Waals surface area contributed by atoms with Crippen LogP contribution in [0.15, 0.2) is 24.3 Å². The molecular weight excluding hydrogens is 246 g/mol. The van der Waals surface area contributed by atoms with E-state index in [2.05, 4.69) is 60.3 Å². The lowest BCUT2D eigenvalue weighted by Crippen LogP contribution is -2.57. The summed E-state index contributed by atoms with van der Waals surface area (Å²) in [5.74, 6) is 0. The summed E-state index contributed by atoms with van der Waals surface area (Å²) in [6, 6.07) is 9.12. The molecule has 2 rings (SSSR count). The molecule has 0 spiro atoms. The Morgan fingerprint density at radius 2 is 1.75 bits per heavy atom. The zero-order valence-corrected chi connectivity index (χ0v) is 13.4. The van der Waals surface area contributed by atoms with Gasteiger partial charge in [0.05, 0.1) is 0 Å². The van der Waals surface area contributed by atoms with Gasteiger partial charge in [-0.1, -0.05) is 24.3 Å². The maximum atomic E-state index is 3.20. The molecule has 1 saturated heterocycles. The van der Waals surface area contributed by atoms with Crippen LogP contribution < -0.4 is 5.32 Å². The van der Waals surface area contributed by atoms with Crippen LogP contribution in [0.2, 0.25) is 0 Å². The standard InChI is InChI=1S/C17H29N3/c1-17(2)14-20(12-11-19(17)4)13-16-7-5-15(6-8-16)9-10-18-3/h5-8,18H,9-14H2,1-4H3. The van der Waals surface area contributed by atoms with E-state index in [0.29, 0.717) is 0 Å². The fraction of sp³-hybridized carbons (Fsp3) is 0.647. The van der Waals surface area contributed by atoms with E-state index < -0.39 is 0 Å². The van der Waals surface area contributed by atoms with Crippen molar-refractivity contribution in [1.29, 1.82) is 0 Å². The van der Waals surface area contributed by atoms with Crippen LogP contribution in [0.25, 0.3) is 0 Å². The molecule has 0 amide bonds. The molecule has 0 aromatic heterocycles. The van der Waals surface area contributed by atoms with Gasteiger partial charge in [-0.3, -0.25) is 9.80 Å². The number of hydrogen-bond donors (Lipinski definition) is 1. The first-order chi connectivity index (χ1) is 9.51. The maximum Gasteiger partial charge on any atom is 0.0277 e. The molecule has 3 nitrogen and oxygen atoms in total. The zero-order valence-electron chi connectivity index (χ0n) is 13.4. The highest BCUT2D eigenvalue weighted by molar-refractivity contribution is 5.23. The number of rotatable bonds is 5. The van der Waals surface area contributed by atoms with Crippen LogP contribution in [0.3, 0.4) is 0 Å². The van der Waals surface area contributed by atoms with Crippen LogP contribution in [0.1, 0.15) is 25.0 Å². The Morgan fingerprint density at radius 3 is 2.35 bits per heavy atom. The number of benzene rings is 1. The van der Waals surface area contributed by atoms with Crippen LogP contribution in [-0.4, -0.2) is 55.6 Å². The maximum absolute atomic E-state index is 3.20. The van der Waals surface area contributed by atoms with E-state index in [1.54, 1.807) is 0 Å². The summed E-state index contributed by atoms with van der Waals surface area (Å²) < 4.78 is 0. The second-order valence-electron chi connectivity index (χ2n) is 6.61. The van der Waals surface area contributed by atoms with Gasteiger partial charge in [0.25, 0.3) is 0 Å². The predicted octanol–water partition coefficient (Wildman–Crippen LogP) is 1.97. The van der Waals surface area contributed by atoms with E-state index in [0.717, 1.165) is 32.6 Å². The predicted molar refractivity (Wildman–Crippen MR) is 86.1 cm³/mol. The average Bonchev–Trinajstić information content (AvgIpc) is 2.42. The molecule has 1 heterocycles. The molecular formula is C17H29N3. The van der Waals surface area contributed by atoms with Crippen molar-refractivity contribution in [2.45, 2.75) is 32.4 Å². The lowest BCUT2D eigenvalue weighted by molar-refractivity contribution is 0.0360. The van der Waals surface area contributed by atoms with Crippen molar-refractivity contribution < 1.29 is 0 Å². The topological polar surface area (TPSA) is 18.5 Å². The van der Waals surface area contributed by atoms with Gasteiger partial charge in [0.1, 0.15) is 0 Å². The van der Waals surface area contributed by atoms with E-state index in [9.17, 15) is 0 Å². The van der Waals surface area contributed by atoms with Gasteiger partial charge in [0.2, 0.25) is 0 Å². The normalized spacial score (nSPS) is 20.2. The Morgan fingerprint density at radius 1 is 1.10 bits per heavy atom. The van der Waals surface area contributed by atoms with Crippen molar-refractivity contribution in [2.75, 3.05) is 40.3 Å². The average molecular weight is 275 g/mol. The molecule has 1 N–H and O–H groups in total. The van der Waals surface area contributed by atoms with Gasteiger partial charge in [0.15, 0.2) is 0 Å². The van der Waals surface area contributed by atoms with Gasteiger partial charge in [-0.25, -0.2) is 0 Å². The van der Waals surface area contributed by atoms with Crippen LogP contribution in [-0.2, 0) is 13.0 Å². The summed E-state index contributed by atoms with van der Waals surface area (Å²) in [6.45, 7) is 10.3. The SMILES string of the molecule is CNCCc1ccc(CN2CCN(C)C(C)(C)C2)cc1. The number of nitrogens with zero attached hydrogens (tertiary/aromatic N) is 2. The highest BCUT2D eigenvalue weighted by Crippen LogP contribution is 2.20. The monoisotopic (exact) mass is 275 g/mol. The second kappa shape index (κ2) is 6.70. The van der Waals surface area contributed by atoms with Crippen LogP contribution in [0.4, 0.5) is 0 Å². The van der Waals surface area contributed by atoms with E-state index in [-0.39, 0.29) is 5.54 Å². The van der Waals surface area contributed by atoms with Crippen molar-refractivity contribution >= 4 is 0 Å². The third kappa shape index (κ3) is 4.05. The quantitative estimate of drug-likeness (QED) is 0.886. The number of piperazine rings is 1. The van der Waals surface area contributed by atoms with Crippen molar-refractivity contribution in [3.63, 3.8) is 0 Å². The number of likely N-dealkylation sites (N-methyl/N-ethyl adjacent to an activating group) is 2. The Balaban J connectivity index is 1.90. The van der Waals surface area contributed by atoms with E-state index in [1.807, 2.05) is 7.05 Å². The third-order valence-corrected chi connectivity index (χ3v) is 4.49. The molecule has 1 fully saturated rings. The molecule has 1 aliphatic rings. The van der Waals surface area contributed by atoms with E-state index >= 15 is 0 Å². The summed E-state index contributed by atoms with van der Waals surface area (Å²) in [4.78, 5) is 5.03. The summed E-state index contributed by atoms with van der Waals surface area (Å²) in [6.07, 6.45) is 1.11. The summed E-state index contributed by atoms with van der Waals surface area (Å²) in [5, 5.41) is 3.20. The van der Waals surface area contributed by atoms with Crippen molar-refractivity contribution in [1.82, 2.24) is 15.1 Å². The molecule has 1 aromatic carbocycles. The smallest absolute Gasteiger partial charge is 0.0277 e.